The minimum absolute atomic E-state index is 0.0459. The molecule has 2 aliphatic rings. The number of halogens is 3. The minimum Gasteiger partial charge on any atom is -0.485 e. The zero-order chi connectivity index (χ0) is 13.6. The van der Waals surface area contributed by atoms with Gasteiger partial charge in [0.05, 0.1) is 10.6 Å². The maximum absolute atomic E-state index is 13.7. The molecule has 2 unspecified atom stereocenters. The van der Waals surface area contributed by atoms with Crippen LogP contribution in [0, 0.1) is 17.0 Å². The molecule has 2 nitrogen and oxygen atoms in total. The Morgan fingerprint density at radius 3 is 2.53 bits per heavy atom. The number of benzene rings is 1. The number of aliphatic hydroxyl groups is 1. The van der Waals surface area contributed by atoms with Crippen LogP contribution in [-0.4, -0.2) is 17.3 Å². The predicted molar refractivity (Wildman–Crippen MR) is 70.0 cm³/mol. The number of hydrogen-bond acceptors (Lipinski definition) is 2. The third-order valence-corrected chi connectivity index (χ3v) is 5.09. The van der Waals surface area contributed by atoms with Crippen molar-refractivity contribution in [1.29, 1.82) is 0 Å². The smallest absolute Gasteiger partial charge is 0.169 e. The molecule has 1 aromatic carbocycles. The molecule has 2 saturated carbocycles. The van der Waals surface area contributed by atoms with Crippen molar-refractivity contribution in [2.24, 2.45) is 5.41 Å². The highest BCUT2D eigenvalue weighted by Crippen LogP contribution is 2.55. The predicted octanol–water partition coefficient (Wildman–Crippen LogP) is 3.80. The second kappa shape index (κ2) is 4.70. The summed E-state index contributed by atoms with van der Waals surface area (Å²) in [4.78, 5) is 0. The molecule has 1 aromatic rings. The van der Waals surface area contributed by atoms with Crippen LogP contribution in [0.15, 0.2) is 16.6 Å². The highest BCUT2D eigenvalue weighted by atomic mass is 79.9. The second-order valence-electron chi connectivity index (χ2n) is 5.50. The van der Waals surface area contributed by atoms with Crippen molar-refractivity contribution in [2.75, 3.05) is 0 Å². The fourth-order valence-corrected chi connectivity index (χ4v) is 3.87. The van der Waals surface area contributed by atoms with Crippen molar-refractivity contribution in [3.05, 3.63) is 28.2 Å². The summed E-state index contributed by atoms with van der Waals surface area (Å²) >= 11 is 3.12. The van der Waals surface area contributed by atoms with E-state index in [0.29, 0.717) is 6.42 Å². The summed E-state index contributed by atoms with van der Waals surface area (Å²) in [5, 5.41) is 9.98. The fraction of sp³-hybridized carbons (Fsp3) is 0.571. The number of rotatable bonds is 2. The van der Waals surface area contributed by atoms with Gasteiger partial charge in [-0.2, -0.15) is 0 Å². The molecular weight excluding hydrogens is 318 g/mol. The van der Waals surface area contributed by atoms with E-state index in [0.717, 1.165) is 31.7 Å². The monoisotopic (exact) mass is 332 g/mol. The summed E-state index contributed by atoms with van der Waals surface area (Å²) in [6.45, 7) is 0. The van der Waals surface area contributed by atoms with E-state index in [9.17, 15) is 13.9 Å². The SMILES string of the molecule is OC1CC(Oc2c(F)cc(F)cc2Br)C12CCCC2. The van der Waals surface area contributed by atoms with Gasteiger partial charge in [-0.1, -0.05) is 12.8 Å². The first-order valence-electron chi connectivity index (χ1n) is 6.52. The molecule has 5 heteroatoms. The Hall–Kier alpha value is -0.680. The average Bonchev–Trinajstić information content (AvgIpc) is 2.84. The van der Waals surface area contributed by atoms with Crippen LogP contribution in [0.1, 0.15) is 32.1 Å². The highest BCUT2D eigenvalue weighted by Gasteiger charge is 2.57. The van der Waals surface area contributed by atoms with E-state index in [-0.39, 0.29) is 27.8 Å². The van der Waals surface area contributed by atoms with Gasteiger partial charge in [-0.15, -0.1) is 0 Å². The molecule has 2 aliphatic carbocycles. The quantitative estimate of drug-likeness (QED) is 0.892. The van der Waals surface area contributed by atoms with E-state index < -0.39 is 11.6 Å². The normalized spacial score (nSPS) is 28.4. The van der Waals surface area contributed by atoms with Crippen LogP contribution < -0.4 is 4.74 Å². The van der Waals surface area contributed by atoms with Crippen LogP contribution in [0.2, 0.25) is 0 Å². The van der Waals surface area contributed by atoms with Crippen LogP contribution in [0.25, 0.3) is 0 Å². The summed E-state index contributed by atoms with van der Waals surface area (Å²) in [6.07, 6.45) is 3.96. The van der Waals surface area contributed by atoms with Crippen molar-refractivity contribution in [1.82, 2.24) is 0 Å². The Balaban J connectivity index is 1.83. The van der Waals surface area contributed by atoms with Gasteiger partial charge in [-0.25, -0.2) is 8.78 Å². The minimum atomic E-state index is -0.707. The summed E-state index contributed by atoms with van der Waals surface area (Å²) < 4.78 is 32.8. The van der Waals surface area contributed by atoms with Crippen molar-refractivity contribution in [2.45, 2.75) is 44.3 Å². The molecule has 1 N–H and O–H groups in total. The van der Waals surface area contributed by atoms with Gasteiger partial charge in [0.2, 0.25) is 0 Å². The molecule has 1 spiro atoms. The first kappa shape index (κ1) is 13.3. The average molecular weight is 333 g/mol. The third kappa shape index (κ3) is 2.07. The second-order valence-corrected chi connectivity index (χ2v) is 6.35. The Morgan fingerprint density at radius 1 is 1.26 bits per heavy atom. The third-order valence-electron chi connectivity index (χ3n) is 4.50. The van der Waals surface area contributed by atoms with E-state index in [1.54, 1.807) is 0 Å². The number of aliphatic hydroxyl groups excluding tert-OH is 1. The molecule has 19 heavy (non-hydrogen) atoms. The summed E-state index contributed by atoms with van der Waals surface area (Å²) in [5.74, 6) is -1.30. The first-order valence-corrected chi connectivity index (χ1v) is 7.31. The molecule has 2 atom stereocenters. The van der Waals surface area contributed by atoms with Gasteiger partial charge >= 0.3 is 0 Å². The van der Waals surface area contributed by atoms with Crippen molar-refractivity contribution >= 4 is 15.9 Å². The zero-order valence-electron chi connectivity index (χ0n) is 10.3. The molecule has 0 heterocycles. The summed E-state index contributed by atoms with van der Waals surface area (Å²) in [6, 6.07) is 2.01. The van der Waals surface area contributed by atoms with Gasteiger partial charge < -0.3 is 9.84 Å². The highest BCUT2D eigenvalue weighted by molar-refractivity contribution is 9.10. The Kier molecular flexibility index (Phi) is 3.29. The topological polar surface area (TPSA) is 29.5 Å². The van der Waals surface area contributed by atoms with Gasteiger partial charge in [-0.05, 0) is 34.8 Å². The maximum atomic E-state index is 13.7. The first-order chi connectivity index (χ1) is 9.03. The van der Waals surface area contributed by atoms with E-state index >= 15 is 0 Å². The van der Waals surface area contributed by atoms with Crippen molar-refractivity contribution in [3.8, 4) is 5.75 Å². The Morgan fingerprint density at radius 2 is 1.95 bits per heavy atom. The molecule has 0 radical (unpaired) electrons. The lowest BCUT2D eigenvalue weighted by Gasteiger charge is -2.51. The summed E-state index contributed by atoms with van der Waals surface area (Å²) in [7, 11) is 0. The standard InChI is InChI=1S/C14H15BrF2O2/c15-9-5-8(16)6-10(17)13(9)19-12-7-11(18)14(12)3-1-2-4-14/h5-6,11-12,18H,1-4,7H2. The molecule has 0 bridgehead atoms. The number of hydrogen-bond donors (Lipinski definition) is 1. The van der Waals surface area contributed by atoms with Gasteiger partial charge in [-0.3, -0.25) is 0 Å². The molecule has 0 saturated heterocycles. The van der Waals surface area contributed by atoms with Crippen LogP contribution in [-0.2, 0) is 0 Å². The lowest BCUT2D eigenvalue weighted by atomic mass is 9.62. The largest absolute Gasteiger partial charge is 0.485 e. The molecule has 0 amide bonds. The summed E-state index contributed by atoms with van der Waals surface area (Å²) in [5.41, 5.74) is -0.222. The molecule has 0 aliphatic heterocycles. The lowest BCUT2D eigenvalue weighted by molar-refractivity contribution is -0.153. The molecule has 3 rings (SSSR count). The molecule has 0 aromatic heterocycles. The van der Waals surface area contributed by atoms with Gasteiger partial charge in [0, 0.05) is 17.9 Å². The Bertz CT molecular complexity index is 477. The Labute approximate surface area is 118 Å². The van der Waals surface area contributed by atoms with Gasteiger partial charge in [0.25, 0.3) is 0 Å². The molecular formula is C14H15BrF2O2. The van der Waals surface area contributed by atoms with E-state index in [2.05, 4.69) is 15.9 Å². The maximum Gasteiger partial charge on any atom is 0.169 e. The van der Waals surface area contributed by atoms with Crippen LogP contribution in [0.5, 0.6) is 5.75 Å². The number of ether oxygens (including phenoxy) is 1. The van der Waals surface area contributed by atoms with Crippen LogP contribution >= 0.6 is 15.9 Å². The van der Waals surface area contributed by atoms with Crippen molar-refractivity contribution < 1.29 is 18.6 Å². The van der Waals surface area contributed by atoms with Gasteiger partial charge in [0.15, 0.2) is 11.6 Å². The molecule has 104 valence electrons. The van der Waals surface area contributed by atoms with Crippen molar-refractivity contribution in [3.63, 3.8) is 0 Å². The van der Waals surface area contributed by atoms with Gasteiger partial charge in [0.1, 0.15) is 11.9 Å². The fourth-order valence-electron chi connectivity index (χ4n) is 3.36. The zero-order valence-corrected chi connectivity index (χ0v) is 11.9. The van der Waals surface area contributed by atoms with Crippen LogP contribution in [0.4, 0.5) is 8.78 Å². The van der Waals surface area contributed by atoms with Crippen LogP contribution in [0.3, 0.4) is 0 Å². The lowest BCUT2D eigenvalue weighted by Crippen LogP contribution is -2.58. The van der Waals surface area contributed by atoms with E-state index in [1.165, 1.54) is 6.07 Å². The molecule has 2 fully saturated rings. The van der Waals surface area contributed by atoms with E-state index in [1.807, 2.05) is 0 Å². The van der Waals surface area contributed by atoms with E-state index in [4.69, 9.17) is 4.74 Å².